The Balaban J connectivity index is 1.61. The van der Waals surface area contributed by atoms with Crippen LogP contribution < -0.4 is 10.2 Å². The smallest absolute Gasteiger partial charge is 0.232 e. The molecule has 2 atom stereocenters. The Morgan fingerprint density at radius 1 is 1.17 bits per heavy atom. The first-order chi connectivity index (χ1) is 11.1. The van der Waals surface area contributed by atoms with Crippen LogP contribution in [0.25, 0.3) is 0 Å². The molecule has 0 radical (unpaired) electrons. The molecule has 0 fully saturated rings. The molecule has 0 saturated carbocycles. The number of carbonyl (C=O) groups excluding carboxylic acids is 2. The van der Waals surface area contributed by atoms with Gasteiger partial charge >= 0.3 is 0 Å². The van der Waals surface area contributed by atoms with Crippen molar-refractivity contribution < 1.29 is 9.59 Å². The van der Waals surface area contributed by atoms with Gasteiger partial charge in [-0.05, 0) is 36.6 Å². The van der Waals surface area contributed by atoms with Gasteiger partial charge in [0, 0.05) is 23.8 Å². The Labute approximate surface area is 135 Å². The Kier molecular flexibility index (Phi) is 3.18. The minimum absolute atomic E-state index is 0.0132. The zero-order chi connectivity index (χ0) is 16.0. The highest BCUT2D eigenvalue weighted by Gasteiger charge is 2.36. The molecule has 0 aliphatic carbocycles. The van der Waals surface area contributed by atoms with Crippen LogP contribution in [0.2, 0.25) is 0 Å². The van der Waals surface area contributed by atoms with E-state index in [4.69, 9.17) is 0 Å². The summed E-state index contributed by atoms with van der Waals surface area (Å²) in [5.41, 5.74) is 3.93. The Morgan fingerprint density at radius 3 is 2.78 bits per heavy atom. The Bertz CT molecular complexity index is 799. The average Bonchev–Trinajstić information content (AvgIpc) is 3.04. The summed E-state index contributed by atoms with van der Waals surface area (Å²) in [6, 6.07) is 15.7. The van der Waals surface area contributed by atoms with E-state index in [1.165, 1.54) is 5.56 Å². The molecule has 0 aromatic heterocycles. The number of fused-ring (bicyclic) bond motifs is 2. The zero-order valence-electron chi connectivity index (χ0n) is 13.0. The van der Waals surface area contributed by atoms with Crippen LogP contribution in [0.3, 0.4) is 0 Å². The van der Waals surface area contributed by atoms with E-state index in [-0.39, 0.29) is 24.3 Å². The first kappa shape index (κ1) is 14.0. The maximum absolute atomic E-state index is 12.9. The molecule has 2 aliphatic heterocycles. The van der Waals surface area contributed by atoms with Crippen LogP contribution in [0.1, 0.15) is 30.4 Å². The molecule has 4 heteroatoms. The first-order valence-corrected chi connectivity index (χ1v) is 7.95. The summed E-state index contributed by atoms with van der Waals surface area (Å²) in [5, 5.41) is 2.86. The molecule has 4 nitrogen and oxygen atoms in total. The summed E-state index contributed by atoms with van der Waals surface area (Å²) in [4.78, 5) is 27.0. The quantitative estimate of drug-likeness (QED) is 0.927. The lowest BCUT2D eigenvalue weighted by Crippen LogP contribution is -2.37. The lowest BCUT2D eigenvalue weighted by molar-refractivity contribution is -0.123. The molecular weight excluding hydrogens is 288 g/mol. The number of hydrogen-bond donors (Lipinski definition) is 1. The van der Waals surface area contributed by atoms with Gasteiger partial charge in [0.25, 0.3) is 0 Å². The number of rotatable bonds is 2. The third kappa shape index (κ3) is 2.22. The summed E-state index contributed by atoms with van der Waals surface area (Å²) < 4.78 is 0. The molecule has 4 rings (SSSR count). The van der Waals surface area contributed by atoms with Crippen molar-refractivity contribution >= 4 is 23.2 Å². The first-order valence-electron chi connectivity index (χ1n) is 7.95. The zero-order valence-corrected chi connectivity index (χ0v) is 13.0. The number of anilines is 2. The van der Waals surface area contributed by atoms with Crippen molar-refractivity contribution in [1.29, 1.82) is 0 Å². The van der Waals surface area contributed by atoms with Gasteiger partial charge in [-0.2, -0.15) is 0 Å². The van der Waals surface area contributed by atoms with E-state index in [0.717, 1.165) is 23.4 Å². The molecule has 0 spiro atoms. The highest BCUT2D eigenvalue weighted by molar-refractivity contribution is 6.07. The summed E-state index contributed by atoms with van der Waals surface area (Å²) in [6.45, 7) is 2.06. The SMILES string of the molecule is CC1Cc2ccccc2N1C(=O)CC1C(=O)Nc2ccccc21. The molecule has 2 amide bonds. The molecule has 2 heterocycles. The standard InChI is InChI=1S/C19H18N2O2/c1-12-10-13-6-2-5-9-17(13)21(12)18(22)11-15-14-7-3-4-8-16(14)20-19(15)23/h2-9,12,15H,10-11H2,1H3,(H,20,23). The van der Waals surface area contributed by atoms with Crippen LogP contribution in [0, 0.1) is 0 Å². The number of carbonyl (C=O) groups is 2. The summed E-state index contributed by atoms with van der Waals surface area (Å²) in [5.74, 6) is -0.461. The largest absolute Gasteiger partial charge is 0.325 e. The van der Waals surface area contributed by atoms with Gasteiger partial charge in [0.05, 0.1) is 5.92 Å². The number of para-hydroxylation sites is 2. The van der Waals surface area contributed by atoms with Gasteiger partial charge in [0.15, 0.2) is 0 Å². The molecule has 23 heavy (non-hydrogen) atoms. The van der Waals surface area contributed by atoms with E-state index in [2.05, 4.69) is 18.3 Å². The predicted octanol–water partition coefficient (Wildman–Crippen LogP) is 3.09. The van der Waals surface area contributed by atoms with Crippen molar-refractivity contribution in [2.75, 3.05) is 10.2 Å². The molecule has 2 aliphatic rings. The lowest BCUT2D eigenvalue weighted by atomic mass is 9.96. The van der Waals surface area contributed by atoms with Crippen molar-refractivity contribution in [2.24, 2.45) is 0 Å². The van der Waals surface area contributed by atoms with Crippen LogP contribution in [-0.4, -0.2) is 17.9 Å². The van der Waals surface area contributed by atoms with Gasteiger partial charge in [0.2, 0.25) is 11.8 Å². The van der Waals surface area contributed by atoms with E-state index < -0.39 is 5.92 Å². The van der Waals surface area contributed by atoms with Crippen molar-refractivity contribution in [3.8, 4) is 0 Å². The number of nitrogens with zero attached hydrogens (tertiary/aromatic N) is 1. The van der Waals surface area contributed by atoms with Gasteiger partial charge in [-0.1, -0.05) is 36.4 Å². The topological polar surface area (TPSA) is 49.4 Å². The van der Waals surface area contributed by atoms with Crippen LogP contribution in [-0.2, 0) is 16.0 Å². The summed E-state index contributed by atoms with van der Waals surface area (Å²) >= 11 is 0. The molecule has 2 aromatic rings. The van der Waals surface area contributed by atoms with E-state index in [1.807, 2.05) is 47.4 Å². The molecule has 1 N–H and O–H groups in total. The van der Waals surface area contributed by atoms with Gasteiger partial charge < -0.3 is 10.2 Å². The number of benzene rings is 2. The molecule has 0 bridgehead atoms. The fourth-order valence-electron chi connectivity index (χ4n) is 3.70. The molecule has 2 aromatic carbocycles. The monoisotopic (exact) mass is 306 g/mol. The highest BCUT2D eigenvalue weighted by Crippen LogP contribution is 2.37. The maximum Gasteiger partial charge on any atom is 0.232 e. The third-order valence-corrected chi connectivity index (χ3v) is 4.77. The van der Waals surface area contributed by atoms with Crippen molar-refractivity contribution in [3.63, 3.8) is 0 Å². The van der Waals surface area contributed by atoms with Crippen molar-refractivity contribution in [2.45, 2.75) is 31.7 Å². The Morgan fingerprint density at radius 2 is 1.91 bits per heavy atom. The molecule has 0 saturated heterocycles. The second-order valence-corrected chi connectivity index (χ2v) is 6.28. The van der Waals surface area contributed by atoms with Crippen LogP contribution in [0.4, 0.5) is 11.4 Å². The fraction of sp³-hybridized carbons (Fsp3) is 0.263. The van der Waals surface area contributed by atoms with E-state index in [9.17, 15) is 9.59 Å². The second-order valence-electron chi connectivity index (χ2n) is 6.28. The molecule has 116 valence electrons. The van der Waals surface area contributed by atoms with E-state index in [1.54, 1.807) is 0 Å². The summed E-state index contributed by atoms with van der Waals surface area (Å²) in [7, 11) is 0. The normalized spacial score (nSPS) is 21.8. The van der Waals surface area contributed by atoms with Crippen molar-refractivity contribution in [3.05, 3.63) is 59.7 Å². The van der Waals surface area contributed by atoms with E-state index >= 15 is 0 Å². The Hall–Kier alpha value is -2.62. The van der Waals surface area contributed by atoms with Gasteiger partial charge in [-0.3, -0.25) is 9.59 Å². The van der Waals surface area contributed by atoms with Crippen LogP contribution in [0.15, 0.2) is 48.5 Å². The van der Waals surface area contributed by atoms with Crippen LogP contribution >= 0.6 is 0 Å². The average molecular weight is 306 g/mol. The third-order valence-electron chi connectivity index (χ3n) is 4.77. The fourth-order valence-corrected chi connectivity index (χ4v) is 3.70. The lowest BCUT2D eigenvalue weighted by Gasteiger charge is -2.24. The second kappa shape index (κ2) is 5.23. The number of amides is 2. The molecular formula is C19H18N2O2. The summed E-state index contributed by atoms with van der Waals surface area (Å²) in [6.07, 6.45) is 1.08. The van der Waals surface area contributed by atoms with Gasteiger partial charge in [0.1, 0.15) is 0 Å². The highest BCUT2D eigenvalue weighted by atomic mass is 16.2. The van der Waals surface area contributed by atoms with Crippen molar-refractivity contribution in [1.82, 2.24) is 0 Å². The predicted molar refractivity (Wildman–Crippen MR) is 89.5 cm³/mol. The number of hydrogen-bond acceptors (Lipinski definition) is 2. The van der Waals surface area contributed by atoms with Gasteiger partial charge in [-0.15, -0.1) is 0 Å². The van der Waals surface area contributed by atoms with Gasteiger partial charge in [-0.25, -0.2) is 0 Å². The maximum atomic E-state index is 12.9. The minimum atomic E-state index is -0.390. The van der Waals surface area contributed by atoms with E-state index in [0.29, 0.717) is 0 Å². The van der Waals surface area contributed by atoms with Crippen LogP contribution in [0.5, 0.6) is 0 Å². The number of nitrogens with one attached hydrogen (secondary N) is 1. The minimum Gasteiger partial charge on any atom is -0.325 e. The molecule has 2 unspecified atom stereocenters.